The maximum atomic E-state index is 3.98. The van der Waals surface area contributed by atoms with E-state index in [0.29, 0.717) is 6.04 Å². The summed E-state index contributed by atoms with van der Waals surface area (Å²) in [5.41, 5.74) is 0.224. The lowest BCUT2D eigenvalue weighted by molar-refractivity contribution is 0.340. The van der Waals surface area contributed by atoms with Crippen molar-refractivity contribution in [2.75, 3.05) is 0 Å². The van der Waals surface area contributed by atoms with Crippen LogP contribution in [0.3, 0.4) is 0 Å². The molecule has 0 spiro atoms. The smallest absolute Gasteiger partial charge is 0.0884 e. The standard InChI is InChI=1S/C8H13BrN2/c1-8(2,3)7-6(9)4-10-5-11-7/h4-5,7H,1-3H3,(H,10,11). The zero-order valence-electron chi connectivity index (χ0n) is 7.06. The maximum absolute atomic E-state index is 3.98. The summed E-state index contributed by atoms with van der Waals surface area (Å²) in [5.74, 6) is 0. The molecule has 1 aliphatic rings. The number of rotatable bonds is 0. The SMILES string of the molecule is CC(C)(C)C1NC=NC=C1Br. The highest BCUT2D eigenvalue weighted by Crippen LogP contribution is 2.28. The fourth-order valence-electron chi connectivity index (χ4n) is 1.04. The minimum atomic E-state index is 0.224. The topological polar surface area (TPSA) is 24.4 Å². The van der Waals surface area contributed by atoms with Crippen molar-refractivity contribution in [3.63, 3.8) is 0 Å². The summed E-state index contributed by atoms with van der Waals surface area (Å²) < 4.78 is 1.12. The molecule has 0 aliphatic carbocycles. The van der Waals surface area contributed by atoms with Gasteiger partial charge in [-0.3, -0.25) is 0 Å². The molecule has 1 N–H and O–H groups in total. The third-order valence-corrected chi connectivity index (χ3v) is 2.32. The molecule has 0 bridgehead atoms. The molecule has 11 heavy (non-hydrogen) atoms. The Labute approximate surface area is 75.9 Å². The first-order valence-corrected chi connectivity index (χ1v) is 4.44. The molecule has 1 aliphatic heterocycles. The lowest BCUT2D eigenvalue weighted by Gasteiger charge is -2.31. The number of nitrogens with one attached hydrogen (secondary N) is 1. The molecule has 0 aromatic carbocycles. The molecule has 0 radical (unpaired) electrons. The predicted octanol–water partition coefficient (Wildman–Crippen LogP) is 2.27. The van der Waals surface area contributed by atoms with Gasteiger partial charge < -0.3 is 5.32 Å². The zero-order chi connectivity index (χ0) is 8.48. The Balaban J connectivity index is 2.76. The Morgan fingerprint density at radius 3 is 2.55 bits per heavy atom. The second-order valence-corrected chi connectivity index (χ2v) is 4.67. The van der Waals surface area contributed by atoms with Gasteiger partial charge in [-0.1, -0.05) is 36.7 Å². The van der Waals surface area contributed by atoms with E-state index in [2.05, 4.69) is 47.0 Å². The van der Waals surface area contributed by atoms with Gasteiger partial charge in [-0.05, 0) is 5.41 Å². The van der Waals surface area contributed by atoms with Gasteiger partial charge in [0.15, 0.2) is 0 Å². The van der Waals surface area contributed by atoms with Crippen LogP contribution in [0.4, 0.5) is 0 Å². The van der Waals surface area contributed by atoms with Crippen LogP contribution in [0, 0.1) is 5.41 Å². The summed E-state index contributed by atoms with van der Waals surface area (Å²) >= 11 is 3.48. The minimum absolute atomic E-state index is 0.224. The molecule has 0 amide bonds. The number of halogens is 1. The molecule has 0 aromatic rings. The number of hydrogen-bond donors (Lipinski definition) is 1. The molecule has 1 unspecified atom stereocenters. The summed E-state index contributed by atoms with van der Waals surface area (Å²) in [6, 6.07) is 0.347. The van der Waals surface area contributed by atoms with Crippen molar-refractivity contribution in [2.24, 2.45) is 10.4 Å². The molecule has 0 aromatic heterocycles. The van der Waals surface area contributed by atoms with E-state index in [1.807, 2.05) is 6.20 Å². The molecule has 1 rings (SSSR count). The summed E-state index contributed by atoms with van der Waals surface area (Å²) in [7, 11) is 0. The second-order valence-electron chi connectivity index (χ2n) is 3.76. The Bertz CT molecular complexity index is 201. The van der Waals surface area contributed by atoms with E-state index in [9.17, 15) is 0 Å². The van der Waals surface area contributed by atoms with Crippen LogP contribution < -0.4 is 5.32 Å². The molecule has 0 saturated carbocycles. The zero-order valence-corrected chi connectivity index (χ0v) is 8.64. The van der Waals surface area contributed by atoms with Gasteiger partial charge in [0.2, 0.25) is 0 Å². The lowest BCUT2D eigenvalue weighted by atomic mass is 9.86. The van der Waals surface area contributed by atoms with E-state index in [-0.39, 0.29) is 5.41 Å². The summed E-state index contributed by atoms with van der Waals surface area (Å²) in [6.45, 7) is 6.58. The highest BCUT2D eigenvalue weighted by Gasteiger charge is 2.27. The highest BCUT2D eigenvalue weighted by atomic mass is 79.9. The van der Waals surface area contributed by atoms with Crippen LogP contribution in [0.25, 0.3) is 0 Å². The molecule has 2 nitrogen and oxygen atoms in total. The Morgan fingerprint density at radius 2 is 2.18 bits per heavy atom. The number of aliphatic imine (C=N–C) groups is 1. The summed E-state index contributed by atoms with van der Waals surface area (Å²) in [6.07, 6.45) is 3.58. The van der Waals surface area contributed by atoms with Gasteiger partial charge in [0.25, 0.3) is 0 Å². The van der Waals surface area contributed by atoms with Crippen LogP contribution >= 0.6 is 15.9 Å². The van der Waals surface area contributed by atoms with Crippen LogP contribution in [0.15, 0.2) is 15.7 Å². The van der Waals surface area contributed by atoms with E-state index in [1.165, 1.54) is 0 Å². The van der Waals surface area contributed by atoms with Crippen molar-refractivity contribution in [2.45, 2.75) is 26.8 Å². The highest BCUT2D eigenvalue weighted by molar-refractivity contribution is 9.11. The van der Waals surface area contributed by atoms with Gasteiger partial charge in [-0.25, -0.2) is 4.99 Å². The number of nitrogens with zero attached hydrogens (tertiary/aromatic N) is 1. The van der Waals surface area contributed by atoms with E-state index >= 15 is 0 Å². The molecule has 0 saturated heterocycles. The molecular formula is C8H13BrN2. The molecular weight excluding hydrogens is 204 g/mol. The minimum Gasteiger partial charge on any atom is -0.368 e. The Morgan fingerprint density at radius 1 is 1.55 bits per heavy atom. The third kappa shape index (κ3) is 2.06. The molecule has 1 atom stereocenters. The van der Waals surface area contributed by atoms with E-state index in [0.717, 1.165) is 4.48 Å². The lowest BCUT2D eigenvalue weighted by Crippen LogP contribution is -2.41. The van der Waals surface area contributed by atoms with Gasteiger partial charge in [-0.2, -0.15) is 0 Å². The average Bonchev–Trinajstić information content (AvgIpc) is 1.86. The van der Waals surface area contributed by atoms with Crippen LogP contribution in [-0.4, -0.2) is 12.4 Å². The first kappa shape index (κ1) is 8.78. The van der Waals surface area contributed by atoms with E-state index in [1.54, 1.807) is 6.34 Å². The van der Waals surface area contributed by atoms with Crippen molar-refractivity contribution in [1.29, 1.82) is 0 Å². The first-order valence-electron chi connectivity index (χ1n) is 3.65. The van der Waals surface area contributed by atoms with Gasteiger partial charge in [-0.15, -0.1) is 0 Å². The predicted molar refractivity (Wildman–Crippen MR) is 51.9 cm³/mol. The molecule has 1 heterocycles. The summed E-state index contributed by atoms with van der Waals surface area (Å²) in [5, 5.41) is 3.20. The normalized spacial score (nSPS) is 24.4. The van der Waals surface area contributed by atoms with Crippen molar-refractivity contribution in [1.82, 2.24) is 5.32 Å². The average molecular weight is 217 g/mol. The van der Waals surface area contributed by atoms with Crippen LogP contribution in [-0.2, 0) is 0 Å². The Kier molecular flexibility index (Phi) is 2.37. The molecule has 62 valence electrons. The van der Waals surface area contributed by atoms with Crippen molar-refractivity contribution in [3.8, 4) is 0 Å². The second kappa shape index (κ2) is 2.97. The van der Waals surface area contributed by atoms with Gasteiger partial charge in [0.1, 0.15) is 0 Å². The molecule has 3 heteroatoms. The van der Waals surface area contributed by atoms with Crippen LogP contribution in [0.5, 0.6) is 0 Å². The first-order chi connectivity index (χ1) is 5.02. The van der Waals surface area contributed by atoms with E-state index in [4.69, 9.17) is 0 Å². The van der Waals surface area contributed by atoms with Crippen molar-refractivity contribution < 1.29 is 0 Å². The fourth-order valence-corrected chi connectivity index (χ4v) is 1.98. The fraction of sp³-hybridized carbons (Fsp3) is 0.625. The van der Waals surface area contributed by atoms with Crippen LogP contribution in [0.1, 0.15) is 20.8 Å². The quantitative estimate of drug-likeness (QED) is 0.661. The van der Waals surface area contributed by atoms with Crippen molar-refractivity contribution in [3.05, 3.63) is 10.7 Å². The van der Waals surface area contributed by atoms with Gasteiger partial charge in [0.05, 0.1) is 12.4 Å². The Hall–Kier alpha value is -0.310. The largest absolute Gasteiger partial charge is 0.368 e. The van der Waals surface area contributed by atoms with Gasteiger partial charge >= 0.3 is 0 Å². The summed E-state index contributed by atoms with van der Waals surface area (Å²) in [4.78, 5) is 3.98. The van der Waals surface area contributed by atoms with Crippen LogP contribution in [0.2, 0.25) is 0 Å². The van der Waals surface area contributed by atoms with Crippen molar-refractivity contribution >= 4 is 22.3 Å². The third-order valence-electron chi connectivity index (χ3n) is 1.66. The monoisotopic (exact) mass is 216 g/mol. The molecule has 0 fully saturated rings. The van der Waals surface area contributed by atoms with E-state index < -0.39 is 0 Å². The number of hydrogen-bond acceptors (Lipinski definition) is 2. The maximum Gasteiger partial charge on any atom is 0.0884 e. The van der Waals surface area contributed by atoms with Gasteiger partial charge in [0, 0.05) is 10.7 Å².